The van der Waals surface area contributed by atoms with Crippen LogP contribution in [0.15, 0.2) is 64.5 Å². The summed E-state index contributed by atoms with van der Waals surface area (Å²) < 4.78 is 30.3. The monoisotopic (exact) mass is 491 g/mol. The van der Waals surface area contributed by atoms with Crippen LogP contribution < -0.4 is 4.72 Å². The molecule has 35 heavy (non-hydrogen) atoms. The van der Waals surface area contributed by atoms with E-state index in [1.165, 1.54) is 36.5 Å². The van der Waals surface area contributed by atoms with Gasteiger partial charge in [-0.15, -0.1) is 0 Å². The molecule has 0 saturated heterocycles. The molecule has 0 fully saturated rings. The van der Waals surface area contributed by atoms with E-state index in [4.69, 9.17) is 0 Å². The molecule has 180 valence electrons. The number of hydrogen-bond donors (Lipinski definition) is 1. The number of imidazole rings is 1. The van der Waals surface area contributed by atoms with Crippen LogP contribution in [-0.2, 0) is 16.6 Å². The lowest BCUT2D eigenvalue weighted by molar-refractivity contribution is -0.384. The van der Waals surface area contributed by atoms with E-state index in [1.54, 1.807) is 12.1 Å². The quantitative estimate of drug-likeness (QED) is 0.210. The molecule has 3 aromatic carbocycles. The van der Waals surface area contributed by atoms with Crippen molar-refractivity contribution in [1.82, 2.24) is 9.55 Å². The van der Waals surface area contributed by atoms with E-state index in [1.807, 2.05) is 38.3 Å². The van der Waals surface area contributed by atoms with Gasteiger partial charge in [0.2, 0.25) is 5.95 Å². The summed E-state index contributed by atoms with van der Waals surface area (Å²) in [7, 11) is -3.91. The average molecular weight is 492 g/mol. The van der Waals surface area contributed by atoms with Gasteiger partial charge in [0, 0.05) is 30.5 Å². The molecule has 10 heteroatoms. The normalized spacial score (nSPS) is 11.9. The Labute approximate surface area is 203 Å². The summed E-state index contributed by atoms with van der Waals surface area (Å²) in [4.78, 5) is 20.0. The molecule has 4 rings (SSSR count). The zero-order valence-electron chi connectivity index (χ0n) is 19.8. The van der Waals surface area contributed by atoms with Crippen LogP contribution in [0.25, 0.3) is 11.0 Å². The third-order valence-corrected chi connectivity index (χ3v) is 7.18. The van der Waals surface area contributed by atoms with Crippen LogP contribution in [-0.4, -0.2) is 29.1 Å². The topological polar surface area (TPSA) is 119 Å². The van der Waals surface area contributed by atoms with Crippen molar-refractivity contribution < 1.29 is 13.3 Å². The second-order valence-corrected chi connectivity index (χ2v) is 9.97. The second-order valence-electron chi connectivity index (χ2n) is 8.29. The Hall–Kier alpha value is -4.05. The van der Waals surface area contributed by atoms with E-state index in [9.17, 15) is 18.5 Å². The minimum atomic E-state index is -3.91. The number of fused-ring (bicyclic) bond motifs is 1. The predicted molar refractivity (Wildman–Crippen MR) is 137 cm³/mol. The van der Waals surface area contributed by atoms with Crippen molar-refractivity contribution in [2.75, 3.05) is 4.72 Å². The molecule has 0 atom stereocenters. The molecule has 0 radical (unpaired) electrons. The highest BCUT2D eigenvalue weighted by Gasteiger charge is 2.18. The molecular formula is C25H25N5O4S. The number of aryl methyl sites for hydroxylation is 4. The van der Waals surface area contributed by atoms with Crippen LogP contribution in [0, 0.1) is 30.9 Å². The molecule has 1 heterocycles. The minimum Gasteiger partial charge on any atom is -0.309 e. The Morgan fingerprint density at radius 3 is 2.40 bits per heavy atom. The van der Waals surface area contributed by atoms with Crippen molar-refractivity contribution in [2.45, 2.75) is 39.1 Å². The number of nitro groups is 1. The lowest BCUT2D eigenvalue weighted by Crippen LogP contribution is -2.14. The van der Waals surface area contributed by atoms with Crippen LogP contribution in [0.5, 0.6) is 0 Å². The number of sulfonamides is 1. The first kappa shape index (κ1) is 24.1. The Kier molecular flexibility index (Phi) is 6.40. The first-order chi connectivity index (χ1) is 16.6. The number of rotatable bonds is 7. The molecular weight excluding hydrogens is 466 g/mol. The number of benzene rings is 3. The highest BCUT2D eigenvalue weighted by molar-refractivity contribution is 7.92. The van der Waals surface area contributed by atoms with Gasteiger partial charge in [0.25, 0.3) is 15.7 Å². The third kappa shape index (κ3) is 4.92. The summed E-state index contributed by atoms with van der Waals surface area (Å²) in [6, 6.07) is 14.3. The van der Waals surface area contributed by atoms with Crippen molar-refractivity contribution in [3.63, 3.8) is 0 Å². The van der Waals surface area contributed by atoms with Gasteiger partial charge in [-0.25, -0.2) is 18.4 Å². The van der Waals surface area contributed by atoms with Crippen LogP contribution >= 0.6 is 0 Å². The maximum Gasteiger partial charge on any atom is 0.270 e. The van der Waals surface area contributed by atoms with Gasteiger partial charge in [0.05, 0.1) is 26.5 Å². The van der Waals surface area contributed by atoms with E-state index >= 15 is 0 Å². The van der Waals surface area contributed by atoms with E-state index in [0.717, 1.165) is 27.7 Å². The van der Waals surface area contributed by atoms with E-state index in [-0.39, 0.29) is 21.8 Å². The maximum absolute atomic E-state index is 12.9. The van der Waals surface area contributed by atoms with Gasteiger partial charge in [0.1, 0.15) is 0 Å². The lowest BCUT2D eigenvalue weighted by atomic mass is 10.1. The van der Waals surface area contributed by atoms with Gasteiger partial charge < -0.3 is 4.57 Å². The average Bonchev–Trinajstić information content (AvgIpc) is 3.14. The van der Waals surface area contributed by atoms with E-state index in [0.29, 0.717) is 12.5 Å². The van der Waals surface area contributed by atoms with Crippen LogP contribution in [0.4, 0.5) is 17.3 Å². The fourth-order valence-corrected chi connectivity index (χ4v) is 4.78. The molecule has 0 unspecified atom stereocenters. The van der Waals surface area contributed by atoms with Gasteiger partial charge in [-0.2, -0.15) is 0 Å². The Bertz CT molecular complexity index is 1570. The van der Waals surface area contributed by atoms with Crippen molar-refractivity contribution >= 4 is 44.6 Å². The van der Waals surface area contributed by atoms with Crippen molar-refractivity contribution in [3.05, 3.63) is 87.0 Å². The van der Waals surface area contributed by atoms with Gasteiger partial charge in [-0.3, -0.25) is 14.8 Å². The standard InChI is InChI=1S/C25H25N5O4S/c1-5-29-24-13-18(4)17(3)12-23(24)27-25(29)26-15-19-14-20(30(31)32)8-11-22(19)28-35(33,34)21-9-6-16(2)7-10-21/h6-15,28H,5H2,1-4H3. The second kappa shape index (κ2) is 9.30. The fourth-order valence-electron chi connectivity index (χ4n) is 3.69. The zero-order valence-corrected chi connectivity index (χ0v) is 20.6. The fraction of sp³-hybridized carbons (Fsp3) is 0.200. The van der Waals surface area contributed by atoms with Gasteiger partial charge >= 0.3 is 0 Å². The summed E-state index contributed by atoms with van der Waals surface area (Å²) in [6.07, 6.45) is 1.40. The third-order valence-electron chi connectivity index (χ3n) is 5.80. The number of anilines is 1. The number of nitro benzene ring substituents is 1. The molecule has 9 nitrogen and oxygen atoms in total. The number of aliphatic imine (C=N–C) groups is 1. The van der Waals surface area contributed by atoms with Gasteiger partial charge in [-0.05, 0) is 69.2 Å². The zero-order chi connectivity index (χ0) is 25.3. The molecule has 1 aromatic heterocycles. The first-order valence-corrected chi connectivity index (χ1v) is 12.5. The Morgan fingerprint density at radius 2 is 1.74 bits per heavy atom. The molecule has 0 saturated carbocycles. The minimum absolute atomic E-state index is 0.0860. The Balaban J connectivity index is 1.77. The summed E-state index contributed by atoms with van der Waals surface area (Å²) in [5.74, 6) is 0.423. The molecule has 1 N–H and O–H groups in total. The number of hydrogen-bond acceptors (Lipinski definition) is 6. The highest BCUT2D eigenvalue weighted by atomic mass is 32.2. The van der Waals surface area contributed by atoms with Crippen molar-refractivity contribution in [3.8, 4) is 0 Å². The van der Waals surface area contributed by atoms with Gasteiger partial charge in [-0.1, -0.05) is 17.7 Å². The highest BCUT2D eigenvalue weighted by Crippen LogP contribution is 2.27. The van der Waals surface area contributed by atoms with Gasteiger partial charge in [0.15, 0.2) is 0 Å². The molecule has 0 aliphatic carbocycles. The Morgan fingerprint density at radius 1 is 1.06 bits per heavy atom. The number of nitrogens with one attached hydrogen (secondary N) is 1. The lowest BCUT2D eigenvalue weighted by Gasteiger charge is -2.11. The largest absolute Gasteiger partial charge is 0.309 e. The summed E-state index contributed by atoms with van der Waals surface area (Å²) >= 11 is 0. The SMILES string of the molecule is CCn1c(N=Cc2cc([N+](=O)[O-])ccc2NS(=O)(=O)c2ccc(C)cc2)nc2cc(C)c(C)cc21. The summed E-state index contributed by atoms with van der Waals surface area (Å²) in [5, 5.41) is 11.4. The molecule has 0 aliphatic heterocycles. The van der Waals surface area contributed by atoms with Crippen LogP contribution in [0.3, 0.4) is 0 Å². The number of aromatic nitrogens is 2. The predicted octanol–water partition coefficient (Wildman–Crippen LogP) is 5.44. The van der Waals surface area contributed by atoms with Crippen molar-refractivity contribution in [1.29, 1.82) is 0 Å². The van der Waals surface area contributed by atoms with Crippen LogP contribution in [0.2, 0.25) is 0 Å². The molecule has 4 aromatic rings. The maximum atomic E-state index is 12.9. The molecule has 0 bridgehead atoms. The smallest absolute Gasteiger partial charge is 0.270 e. The van der Waals surface area contributed by atoms with E-state index in [2.05, 4.69) is 20.8 Å². The number of nitrogens with zero attached hydrogens (tertiary/aromatic N) is 4. The van der Waals surface area contributed by atoms with E-state index < -0.39 is 14.9 Å². The molecule has 0 spiro atoms. The first-order valence-electron chi connectivity index (χ1n) is 11.0. The molecule has 0 aliphatic rings. The van der Waals surface area contributed by atoms with Crippen LogP contribution in [0.1, 0.15) is 29.2 Å². The van der Waals surface area contributed by atoms with Crippen molar-refractivity contribution in [2.24, 2.45) is 4.99 Å². The molecule has 0 amide bonds. The summed E-state index contributed by atoms with van der Waals surface area (Å²) in [5.41, 5.74) is 5.14. The summed E-state index contributed by atoms with van der Waals surface area (Å²) in [6.45, 7) is 8.50. The number of non-ortho nitro benzene ring substituents is 1.